The minimum atomic E-state index is 0.0218. The van der Waals surface area contributed by atoms with Gasteiger partial charge in [-0.05, 0) is 24.3 Å². The van der Waals surface area contributed by atoms with E-state index in [9.17, 15) is 9.59 Å². The van der Waals surface area contributed by atoms with Crippen molar-refractivity contribution in [2.45, 2.75) is 39.2 Å². The molecule has 5 heteroatoms. The summed E-state index contributed by atoms with van der Waals surface area (Å²) in [4.78, 5) is 26.8. The van der Waals surface area contributed by atoms with E-state index in [-0.39, 0.29) is 23.8 Å². The predicted molar refractivity (Wildman–Crippen MR) is 80.6 cm³/mol. The molecule has 2 heterocycles. The SMILES string of the molecule is CC(C)C(=O)NC1CCN(C(=O)Cc2cccs2)CC1. The van der Waals surface area contributed by atoms with Crippen molar-refractivity contribution in [2.75, 3.05) is 13.1 Å². The fraction of sp³-hybridized carbons (Fsp3) is 0.600. The Hall–Kier alpha value is -1.36. The van der Waals surface area contributed by atoms with Gasteiger partial charge in [-0.15, -0.1) is 11.3 Å². The van der Waals surface area contributed by atoms with Crippen molar-refractivity contribution < 1.29 is 9.59 Å². The van der Waals surface area contributed by atoms with Crippen LogP contribution in [0, 0.1) is 5.92 Å². The van der Waals surface area contributed by atoms with Gasteiger partial charge in [-0.1, -0.05) is 19.9 Å². The summed E-state index contributed by atoms with van der Waals surface area (Å²) in [7, 11) is 0. The number of hydrogen-bond donors (Lipinski definition) is 1. The highest BCUT2D eigenvalue weighted by atomic mass is 32.1. The summed E-state index contributed by atoms with van der Waals surface area (Å²) in [5, 5.41) is 5.04. The lowest BCUT2D eigenvalue weighted by atomic mass is 10.0. The number of hydrogen-bond acceptors (Lipinski definition) is 3. The van der Waals surface area contributed by atoms with E-state index in [2.05, 4.69) is 5.32 Å². The highest BCUT2D eigenvalue weighted by Crippen LogP contribution is 2.15. The molecular formula is C15H22N2O2S. The predicted octanol–water partition coefficient (Wildman–Crippen LogP) is 2.05. The summed E-state index contributed by atoms with van der Waals surface area (Å²) in [5.74, 6) is 0.322. The van der Waals surface area contributed by atoms with Crippen LogP contribution in [0.25, 0.3) is 0 Å². The average Bonchev–Trinajstić information content (AvgIpc) is 2.92. The van der Waals surface area contributed by atoms with Crippen LogP contribution in [0.5, 0.6) is 0 Å². The Kier molecular flexibility index (Phi) is 5.17. The van der Waals surface area contributed by atoms with Crippen molar-refractivity contribution in [2.24, 2.45) is 5.92 Å². The Bertz CT molecular complexity index is 448. The summed E-state index contributed by atoms with van der Waals surface area (Å²) in [5.41, 5.74) is 0. The van der Waals surface area contributed by atoms with E-state index < -0.39 is 0 Å². The maximum Gasteiger partial charge on any atom is 0.227 e. The van der Waals surface area contributed by atoms with Gasteiger partial charge in [0.25, 0.3) is 0 Å². The molecule has 1 aromatic rings. The van der Waals surface area contributed by atoms with Gasteiger partial charge >= 0.3 is 0 Å². The van der Waals surface area contributed by atoms with Crippen LogP contribution in [0.1, 0.15) is 31.6 Å². The molecule has 1 aliphatic heterocycles. The van der Waals surface area contributed by atoms with Gasteiger partial charge in [0.1, 0.15) is 0 Å². The molecule has 110 valence electrons. The van der Waals surface area contributed by atoms with Crippen LogP contribution >= 0.6 is 11.3 Å². The zero-order chi connectivity index (χ0) is 14.5. The van der Waals surface area contributed by atoms with Crippen LogP contribution in [0.4, 0.5) is 0 Å². The highest BCUT2D eigenvalue weighted by Gasteiger charge is 2.24. The first-order valence-electron chi connectivity index (χ1n) is 7.17. The molecule has 0 radical (unpaired) electrons. The van der Waals surface area contributed by atoms with E-state index >= 15 is 0 Å². The summed E-state index contributed by atoms with van der Waals surface area (Å²) in [6, 6.07) is 4.19. The van der Waals surface area contributed by atoms with E-state index in [1.54, 1.807) is 11.3 Å². The van der Waals surface area contributed by atoms with E-state index in [1.165, 1.54) is 0 Å². The molecule has 1 aliphatic rings. The third kappa shape index (κ3) is 4.07. The molecular weight excluding hydrogens is 272 g/mol. The van der Waals surface area contributed by atoms with E-state index in [1.807, 2.05) is 36.3 Å². The van der Waals surface area contributed by atoms with Gasteiger partial charge in [0, 0.05) is 29.9 Å². The lowest BCUT2D eigenvalue weighted by molar-refractivity contribution is -0.131. The molecule has 1 aromatic heterocycles. The number of piperidine rings is 1. The van der Waals surface area contributed by atoms with Crippen molar-refractivity contribution in [3.63, 3.8) is 0 Å². The number of nitrogens with zero attached hydrogens (tertiary/aromatic N) is 1. The Morgan fingerprint density at radius 3 is 2.65 bits per heavy atom. The number of nitrogens with one attached hydrogen (secondary N) is 1. The lowest BCUT2D eigenvalue weighted by Crippen LogP contribution is -2.47. The van der Waals surface area contributed by atoms with Crippen molar-refractivity contribution in [1.82, 2.24) is 10.2 Å². The number of carbonyl (C=O) groups is 2. The van der Waals surface area contributed by atoms with Crippen molar-refractivity contribution in [3.05, 3.63) is 22.4 Å². The largest absolute Gasteiger partial charge is 0.353 e. The minimum absolute atomic E-state index is 0.0218. The van der Waals surface area contributed by atoms with Gasteiger partial charge in [0.2, 0.25) is 11.8 Å². The molecule has 1 saturated heterocycles. The second-order valence-corrected chi connectivity index (χ2v) is 6.61. The van der Waals surface area contributed by atoms with Crippen LogP contribution in [-0.2, 0) is 16.0 Å². The van der Waals surface area contributed by atoms with E-state index in [0.717, 1.165) is 30.8 Å². The van der Waals surface area contributed by atoms with Crippen LogP contribution in [-0.4, -0.2) is 35.8 Å². The highest BCUT2D eigenvalue weighted by molar-refractivity contribution is 7.10. The molecule has 2 amide bonds. The second kappa shape index (κ2) is 6.88. The van der Waals surface area contributed by atoms with Crippen molar-refractivity contribution in [1.29, 1.82) is 0 Å². The first-order valence-corrected chi connectivity index (χ1v) is 8.04. The molecule has 20 heavy (non-hydrogen) atoms. The molecule has 0 bridgehead atoms. The zero-order valence-electron chi connectivity index (χ0n) is 12.1. The van der Waals surface area contributed by atoms with E-state index in [4.69, 9.17) is 0 Å². The van der Waals surface area contributed by atoms with Gasteiger partial charge in [-0.3, -0.25) is 9.59 Å². The third-order valence-electron chi connectivity index (χ3n) is 3.62. The van der Waals surface area contributed by atoms with Crippen LogP contribution in [0.15, 0.2) is 17.5 Å². The molecule has 0 aromatic carbocycles. The molecule has 1 N–H and O–H groups in total. The number of rotatable bonds is 4. The summed E-state index contributed by atoms with van der Waals surface area (Å²) >= 11 is 1.62. The average molecular weight is 294 g/mol. The number of thiophene rings is 1. The molecule has 0 atom stereocenters. The first-order chi connectivity index (χ1) is 9.56. The van der Waals surface area contributed by atoms with Crippen LogP contribution < -0.4 is 5.32 Å². The van der Waals surface area contributed by atoms with Gasteiger partial charge in [-0.2, -0.15) is 0 Å². The smallest absolute Gasteiger partial charge is 0.227 e. The van der Waals surface area contributed by atoms with Gasteiger partial charge in [0.05, 0.1) is 6.42 Å². The zero-order valence-corrected chi connectivity index (χ0v) is 12.9. The Balaban J connectivity index is 1.76. The third-order valence-corrected chi connectivity index (χ3v) is 4.50. The first kappa shape index (κ1) is 15.0. The standard InChI is InChI=1S/C15H22N2O2S/c1-11(2)15(19)16-12-5-7-17(8-6-12)14(18)10-13-4-3-9-20-13/h3-4,9,11-12H,5-8,10H2,1-2H3,(H,16,19). The number of amides is 2. The van der Waals surface area contributed by atoms with Crippen molar-refractivity contribution in [3.8, 4) is 0 Å². The molecule has 4 nitrogen and oxygen atoms in total. The van der Waals surface area contributed by atoms with Gasteiger partial charge in [-0.25, -0.2) is 0 Å². The monoisotopic (exact) mass is 294 g/mol. The Morgan fingerprint density at radius 2 is 2.10 bits per heavy atom. The summed E-state index contributed by atoms with van der Waals surface area (Å²) in [6.07, 6.45) is 2.21. The minimum Gasteiger partial charge on any atom is -0.353 e. The Morgan fingerprint density at radius 1 is 1.40 bits per heavy atom. The van der Waals surface area contributed by atoms with Gasteiger partial charge < -0.3 is 10.2 Å². The van der Waals surface area contributed by atoms with Crippen LogP contribution in [0.3, 0.4) is 0 Å². The molecule has 2 rings (SSSR count). The normalized spacial score (nSPS) is 16.4. The second-order valence-electron chi connectivity index (χ2n) is 5.57. The quantitative estimate of drug-likeness (QED) is 0.924. The molecule has 1 fully saturated rings. The summed E-state index contributed by atoms with van der Waals surface area (Å²) in [6.45, 7) is 5.28. The fourth-order valence-corrected chi connectivity index (χ4v) is 3.01. The van der Waals surface area contributed by atoms with E-state index in [0.29, 0.717) is 6.42 Å². The molecule has 0 unspecified atom stereocenters. The maximum atomic E-state index is 12.1. The topological polar surface area (TPSA) is 49.4 Å². The fourth-order valence-electron chi connectivity index (χ4n) is 2.32. The van der Waals surface area contributed by atoms with Gasteiger partial charge in [0.15, 0.2) is 0 Å². The van der Waals surface area contributed by atoms with Crippen molar-refractivity contribution >= 4 is 23.2 Å². The maximum absolute atomic E-state index is 12.1. The molecule has 0 saturated carbocycles. The summed E-state index contributed by atoms with van der Waals surface area (Å²) < 4.78 is 0. The van der Waals surface area contributed by atoms with Crippen LogP contribution in [0.2, 0.25) is 0 Å². The number of carbonyl (C=O) groups excluding carboxylic acids is 2. The number of likely N-dealkylation sites (tertiary alicyclic amines) is 1. The lowest BCUT2D eigenvalue weighted by Gasteiger charge is -2.32. The Labute approximate surface area is 124 Å². The molecule has 0 spiro atoms. The molecule has 0 aliphatic carbocycles.